The van der Waals surface area contributed by atoms with Crippen molar-refractivity contribution in [2.24, 2.45) is 5.10 Å². The SMILES string of the molecule is O=C(N/N=C\c1ccc([N+](=O)[O-])cc1)c1ccc(-n2nnnc2C2(N3CCOCC3)CCCCC2)cc1. The topological polar surface area (TPSA) is 141 Å². The molecule has 3 aromatic rings. The summed E-state index contributed by atoms with van der Waals surface area (Å²) in [5.74, 6) is 0.456. The molecule has 0 spiro atoms. The molecule has 1 saturated carbocycles. The molecule has 0 bridgehead atoms. The molecule has 1 aliphatic heterocycles. The second-order valence-electron chi connectivity index (χ2n) is 9.20. The van der Waals surface area contributed by atoms with Crippen LogP contribution in [0.2, 0.25) is 0 Å². The van der Waals surface area contributed by atoms with E-state index in [0.717, 1.165) is 50.3 Å². The van der Waals surface area contributed by atoms with Crippen molar-refractivity contribution in [1.82, 2.24) is 30.5 Å². The van der Waals surface area contributed by atoms with Gasteiger partial charge in [0.25, 0.3) is 11.6 Å². The highest BCUT2D eigenvalue weighted by atomic mass is 16.6. The van der Waals surface area contributed by atoms with Gasteiger partial charge in [-0.3, -0.25) is 19.8 Å². The maximum absolute atomic E-state index is 12.6. The number of aromatic nitrogens is 4. The number of carbonyl (C=O) groups is 1. The smallest absolute Gasteiger partial charge is 0.271 e. The first-order valence-electron chi connectivity index (χ1n) is 12.4. The van der Waals surface area contributed by atoms with Crippen LogP contribution in [0.3, 0.4) is 0 Å². The minimum absolute atomic E-state index is 0.00799. The number of nitro groups is 1. The average molecular weight is 505 g/mol. The molecule has 192 valence electrons. The lowest BCUT2D eigenvalue weighted by molar-refractivity contribution is -0.384. The first kappa shape index (κ1) is 24.7. The van der Waals surface area contributed by atoms with Gasteiger partial charge in [-0.25, -0.2) is 5.43 Å². The number of morpholine rings is 1. The number of hydrogen-bond acceptors (Lipinski definition) is 9. The van der Waals surface area contributed by atoms with E-state index < -0.39 is 4.92 Å². The summed E-state index contributed by atoms with van der Waals surface area (Å²) in [6, 6.07) is 12.9. The maximum atomic E-state index is 12.6. The Morgan fingerprint density at radius 2 is 1.76 bits per heavy atom. The predicted octanol–water partition coefficient (Wildman–Crippen LogP) is 2.83. The zero-order valence-corrected chi connectivity index (χ0v) is 20.3. The number of nitro benzene ring substituents is 1. The fourth-order valence-corrected chi connectivity index (χ4v) is 5.13. The van der Waals surface area contributed by atoms with Crippen LogP contribution in [0.1, 0.15) is 53.8 Å². The van der Waals surface area contributed by atoms with Gasteiger partial charge in [-0.2, -0.15) is 9.78 Å². The first-order chi connectivity index (χ1) is 18.1. The lowest BCUT2D eigenvalue weighted by Gasteiger charge is -2.46. The number of nitrogens with zero attached hydrogens (tertiary/aromatic N) is 7. The van der Waals surface area contributed by atoms with Crippen LogP contribution >= 0.6 is 0 Å². The number of hydrazone groups is 1. The van der Waals surface area contributed by atoms with E-state index in [9.17, 15) is 14.9 Å². The van der Waals surface area contributed by atoms with E-state index in [0.29, 0.717) is 24.3 Å². The Kier molecular flexibility index (Phi) is 7.28. The van der Waals surface area contributed by atoms with E-state index in [-0.39, 0.29) is 17.1 Å². The number of amides is 1. The third kappa shape index (κ3) is 5.25. The summed E-state index contributed by atoms with van der Waals surface area (Å²) >= 11 is 0. The molecule has 12 heteroatoms. The van der Waals surface area contributed by atoms with Gasteiger partial charge in [-0.15, -0.1) is 5.10 Å². The van der Waals surface area contributed by atoms with Crippen molar-refractivity contribution in [1.29, 1.82) is 0 Å². The van der Waals surface area contributed by atoms with Crippen LogP contribution in [0.5, 0.6) is 0 Å². The van der Waals surface area contributed by atoms with Crippen LogP contribution in [0.25, 0.3) is 5.69 Å². The number of nitrogens with one attached hydrogen (secondary N) is 1. The summed E-state index contributed by atoms with van der Waals surface area (Å²) in [5, 5.41) is 27.5. The van der Waals surface area contributed by atoms with Crippen molar-refractivity contribution < 1.29 is 14.5 Å². The van der Waals surface area contributed by atoms with Gasteiger partial charge in [0.05, 0.1) is 35.6 Å². The highest BCUT2D eigenvalue weighted by Crippen LogP contribution is 2.42. The molecule has 1 saturated heterocycles. The molecule has 1 amide bonds. The average Bonchev–Trinajstić information content (AvgIpc) is 3.45. The van der Waals surface area contributed by atoms with E-state index in [1.165, 1.54) is 24.8 Å². The summed E-state index contributed by atoms with van der Waals surface area (Å²) < 4.78 is 7.38. The normalized spacial score (nSPS) is 18.1. The van der Waals surface area contributed by atoms with Crippen molar-refractivity contribution in [3.63, 3.8) is 0 Å². The lowest BCUT2D eigenvalue weighted by Crippen LogP contribution is -2.53. The van der Waals surface area contributed by atoms with Gasteiger partial charge < -0.3 is 4.74 Å². The lowest BCUT2D eigenvalue weighted by atomic mass is 9.79. The fourth-order valence-electron chi connectivity index (χ4n) is 5.13. The summed E-state index contributed by atoms with van der Waals surface area (Å²) in [5.41, 5.74) is 4.09. The number of tetrazole rings is 1. The molecule has 37 heavy (non-hydrogen) atoms. The second kappa shape index (κ2) is 10.9. The minimum atomic E-state index is -0.470. The van der Waals surface area contributed by atoms with Gasteiger partial charge in [0.15, 0.2) is 5.82 Å². The molecule has 5 rings (SSSR count). The highest BCUT2D eigenvalue weighted by Gasteiger charge is 2.44. The van der Waals surface area contributed by atoms with Gasteiger partial charge in [0.1, 0.15) is 0 Å². The Morgan fingerprint density at radius 3 is 2.43 bits per heavy atom. The molecule has 0 atom stereocenters. The molecule has 0 radical (unpaired) electrons. The third-order valence-corrected chi connectivity index (χ3v) is 7.04. The van der Waals surface area contributed by atoms with Crippen molar-refractivity contribution in [2.45, 2.75) is 37.6 Å². The Balaban J connectivity index is 1.30. The summed E-state index contributed by atoms with van der Waals surface area (Å²) in [6.07, 6.45) is 6.90. The zero-order valence-electron chi connectivity index (χ0n) is 20.3. The van der Waals surface area contributed by atoms with Crippen LogP contribution in [0.4, 0.5) is 5.69 Å². The van der Waals surface area contributed by atoms with Crippen molar-refractivity contribution in [3.05, 3.63) is 75.6 Å². The number of non-ortho nitro benzene ring substituents is 1. The van der Waals surface area contributed by atoms with Gasteiger partial charge in [-0.05, 0) is 65.2 Å². The second-order valence-corrected chi connectivity index (χ2v) is 9.20. The van der Waals surface area contributed by atoms with Crippen LogP contribution in [0.15, 0.2) is 53.6 Å². The summed E-state index contributed by atoms with van der Waals surface area (Å²) in [7, 11) is 0. The standard InChI is InChI=1S/C25H28N8O4/c34-23(27-26-18-19-4-8-22(9-5-19)33(35)36)20-6-10-21(11-7-20)32-24(28-29-30-32)25(12-2-1-3-13-25)31-14-16-37-17-15-31/h4-11,18H,1-3,12-17H2,(H,27,34)/b26-18-. The van der Waals surface area contributed by atoms with E-state index in [2.05, 4.69) is 31.0 Å². The molecule has 12 nitrogen and oxygen atoms in total. The van der Waals surface area contributed by atoms with Crippen molar-refractivity contribution in [2.75, 3.05) is 26.3 Å². The molecule has 1 N–H and O–H groups in total. The largest absolute Gasteiger partial charge is 0.379 e. The molecule has 2 fully saturated rings. The molecule has 2 heterocycles. The maximum Gasteiger partial charge on any atom is 0.271 e. The molecule has 1 aromatic heterocycles. The number of carbonyl (C=O) groups excluding carboxylic acids is 1. The zero-order chi connectivity index (χ0) is 25.7. The monoisotopic (exact) mass is 504 g/mol. The predicted molar refractivity (Wildman–Crippen MR) is 134 cm³/mol. The van der Waals surface area contributed by atoms with E-state index in [4.69, 9.17) is 4.74 Å². The number of hydrogen-bond donors (Lipinski definition) is 1. The first-order valence-corrected chi connectivity index (χ1v) is 12.4. The van der Waals surface area contributed by atoms with E-state index in [1.54, 1.807) is 28.9 Å². The molecule has 2 aliphatic rings. The van der Waals surface area contributed by atoms with Crippen LogP contribution in [-0.2, 0) is 10.3 Å². The Bertz CT molecular complexity index is 1260. The summed E-state index contributed by atoms with van der Waals surface area (Å²) in [4.78, 5) is 25.3. The van der Waals surface area contributed by atoms with Gasteiger partial charge in [0, 0.05) is 30.8 Å². The number of benzene rings is 2. The summed E-state index contributed by atoms with van der Waals surface area (Å²) in [6.45, 7) is 3.12. The van der Waals surface area contributed by atoms with Gasteiger partial charge in [-0.1, -0.05) is 19.3 Å². The molecule has 2 aromatic carbocycles. The number of ether oxygens (including phenoxy) is 1. The van der Waals surface area contributed by atoms with Gasteiger partial charge in [0.2, 0.25) is 0 Å². The van der Waals surface area contributed by atoms with Crippen LogP contribution in [0, 0.1) is 10.1 Å². The van der Waals surface area contributed by atoms with Gasteiger partial charge >= 0.3 is 0 Å². The third-order valence-electron chi connectivity index (χ3n) is 7.04. The van der Waals surface area contributed by atoms with Crippen molar-refractivity contribution >= 4 is 17.8 Å². The Hall–Kier alpha value is -4.03. The van der Waals surface area contributed by atoms with E-state index >= 15 is 0 Å². The van der Waals surface area contributed by atoms with Crippen LogP contribution < -0.4 is 5.43 Å². The Morgan fingerprint density at radius 1 is 1.05 bits per heavy atom. The fraction of sp³-hybridized carbons (Fsp3) is 0.400. The molecule has 1 aliphatic carbocycles. The van der Waals surface area contributed by atoms with Crippen LogP contribution in [-0.4, -0.2) is 68.5 Å². The molecular weight excluding hydrogens is 476 g/mol. The van der Waals surface area contributed by atoms with E-state index in [1.807, 2.05) is 12.1 Å². The number of rotatable bonds is 7. The Labute approximate surface area is 213 Å². The highest BCUT2D eigenvalue weighted by molar-refractivity contribution is 5.95. The quantitative estimate of drug-likeness (QED) is 0.294. The minimum Gasteiger partial charge on any atom is -0.379 e. The van der Waals surface area contributed by atoms with Crippen molar-refractivity contribution in [3.8, 4) is 5.69 Å². The molecular formula is C25H28N8O4. The molecule has 0 unspecified atom stereocenters.